The lowest BCUT2D eigenvalue weighted by Crippen LogP contribution is -2.20. The zero-order valence-corrected chi connectivity index (χ0v) is 11.7. The summed E-state index contributed by atoms with van der Waals surface area (Å²) in [5.41, 5.74) is 3.74. The molecule has 2 rings (SSSR count). The van der Waals surface area contributed by atoms with Crippen molar-refractivity contribution in [2.24, 2.45) is 0 Å². The second kappa shape index (κ2) is 5.02. The molecule has 0 amide bonds. The molecular formula is C13H19N3S. The number of likely N-dealkylation sites (N-methyl/N-ethyl adjacent to an activating group) is 1. The molecule has 1 aromatic heterocycles. The Kier molecular flexibility index (Phi) is 3.64. The number of thiazole rings is 1. The van der Waals surface area contributed by atoms with Crippen LogP contribution in [-0.2, 0) is 0 Å². The highest BCUT2D eigenvalue weighted by Gasteiger charge is 2.07. The van der Waals surface area contributed by atoms with Gasteiger partial charge in [-0.2, -0.15) is 0 Å². The van der Waals surface area contributed by atoms with Crippen LogP contribution in [0.2, 0.25) is 0 Å². The fourth-order valence-electron chi connectivity index (χ4n) is 1.69. The Morgan fingerprint density at radius 2 is 2.06 bits per heavy atom. The predicted molar refractivity (Wildman–Crippen MR) is 76.1 cm³/mol. The summed E-state index contributed by atoms with van der Waals surface area (Å²) in [4.78, 5) is 6.82. The van der Waals surface area contributed by atoms with E-state index in [4.69, 9.17) is 0 Å². The average Bonchev–Trinajstić information content (AvgIpc) is 2.67. The average molecular weight is 249 g/mol. The van der Waals surface area contributed by atoms with Crippen LogP contribution in [0, 0.1) is 13.8 Å². The number of aromatic nitrogens is 1. The molecule has 2 aromatic rings. The zero-order chi connectivity index (χ0) is 12.4. The Balaban J connectivity index is 2.17. The largest absolute Gasteiger partial charge is 0.360 e. The maximum absolute atomic E-state index is 4.66. The maximum atomic E-state index is 4.66. The third kappa shape index (κ3) is 2.76. The van der Waals surface area contributed by atoms with Crippen molar-refractivity contribution in [1.29, 1.82) is 0 Å². The number of fused-ring (bicyclic) bond motifs is 1. The molecule has 0 fully saturated rings. The number of benzene rings is 1. The second-order valence-electron chi connectivity index (χ2n) is 4.60. The van der Waals surface area contributed by atoms with Crippen LogP contribution < -0.4 is 5.32 Å². The first-order valence-electron chi connectivity index (χ1n) is 5.83. The molecule has 0 radical (unpaired) electrons. The van der Waals surface area contributed by atoms with Crippen molar-refractivity contribution in [3.05, 3.63) is 23.3 Å². The summed E-state index contributed by atoms with van der Waals surface area (Å²) in [6.07, 6.45) is 0. The van der Waals surface area contributed by atoms with Crippen molar-refractivity contribution in [1.82, 2.24) is 9.88 Å². The summed E-state index contributed by atoms with van der Waals surface area (Å²) in [5.74, 6) is 0. The van der Waals surface area contributed by atoms with E-state index in [1.54, 1.807) is 11.3 Å². The summed E-state index contributed by atoms with van der Waals surface area (Å²) < 4.78 is 1.26. The molecule has 0 aliphatic heterocycles. The van der Waals surface area contributed by atoms with Crippen molar-refractivity contribution >= 4 is 26.7 Å². The summed E-state index contributed by atoms with van der Waals surface area (Å²) in [6.45, 7) is 6.23. The maximum Gasteiger partial charge on any atom is 0.183 e. The van der Waals surface area contributed by atoms with E-state index in [1.165, 1.54) is 15.8 Å². The molecule has 0 aliphatic rings. The van der Waals surface area contributed by atoms with E-state index < -0.39 is 0 Å². The molecule has 1 aromatic carbocycles. The molecule has 1 N–H and O–H groups in total. The minimum absolute atomic E-state index is 0.935. The number of anilines is 1. The first kappa shape index (κ1) is 12.3. The standard InChI is InChI=1S/C13H19N3S/c1-9-5-6-11-12(10(9)2)15-13(17-11)14-7-8-16(3)4/h5-6H,7-8H2,1-4H3,(H,14,15). The van der Waals surface area contributed by atoms with Crippen molar-refractivity contribution in [2.45, 2.75) is 13.8 Å². The highest BCUT2D eigenvalue weighted by Crippen LogP contribution is 2.29. The summed E-state index contributed by atoms with van der Waals surface area (Å²) in [7, 11) is 4.15. The lowest BCUT2D eigenvalue weighted by atomic mass is 10.1. The molecule has 92 valence electrons. The summed E-state index contributed by atoms with van der Waals surface area (Å²) >= 11 is 1.73. The Morgan fingerprint density at radius 3 is 2.76 bits per heavy atom. The van der Waals surface area contributed by atoms with Gasteiger partial charge in [0.1, 0.15) is 0 Å². The Morgan fingerprint density at radius 1 is 1.29 bits per heavy atom. The molecule has 0 aliphatic carbocycles. The Hall–Kier alpha value is -1.13. The molecule has 0 saturated carbocycles. The van der Waals surface area contributed by atoms with E-state index in [0.717, 1.165) is 23.7 Å². The fraction of sp³-hybridized carbons (Fsp3) is 0.462. The predicted octanol–water partition coefficient (Wildman–Crippen LogP) is 2.89. The van der Waals surface area contributed by atoms with E-state index in [2.05, 4.69) is 55.3 Å². The van der Waals surface area contributed by atoms with Crippen LogP contribution in [-0.4, -0.2) is 37.1 Å². The van der Waals surface area contributed by atoms with Gasteiger partial charge in [0.25, 0.3) is 0 Å². The molecule has 0 bridgehead atoms. The lowest BCUT2D eigenvalue weighted by Gasteiger charge is -2.08. The summed E-state index contributed by atoms with van der Waals surface area (Å²) in [6, 6.07) is 4.33. The van der Waals surface area contributed by atoms with Gasteiger partial charge in [-0.1, -0.05) is 17.4 Å². The Labute approximate surface area is 106 Å². The number of rotatable bonds is 4. The SMILES string of the molecule is Cc1ccc2sc(NCCN(C)C)nc2c1C. The van der Waals surface area contributed by atoms with Crippen LogP contribution in [0.3, 0.4) is 0 Å². The van der Waals surface area contributed by atoms with Gasteiger partial charge in [0.15, 0.2) is 5.13 Å². The molecule has 0 unspecified atom stereocenters. The van der Waals surface area contributed by atoms with Crippen molar-refractivity contribution < 1.29 is 0 Å². The lowest BCUT2D eigenvalue weighted by molar-refractivity contribution is 0.425. The van der Waals surface area contributed by atoms with Crippen molar-refractivity contribution in [3.8, 4) is 0 Å². The number of nitrogens with zero attached hydrogens (tertiary/aromatic N) is 2. The monoisotopic (exact) mass is 249 g/mol. The number of nitrogens with one attached hydrogen (secondary N) is 1. The van der Waals surface area contributed by atoms with Gasteiger partial charge in [-0.25, -0.2) is 4.98 Å². The van der Waals surface area contributed by atoms with Crippen LogP contribution in [0.15, 0.2) is 12.1 Å². The number of hydrogen-bond donors (Lipinski definition) is 1. The Bertz CT molecular complexity index is 517. The van der Waals surface area contributed by atoms with Gasteiger partial charge in [0.2, 0.25) is 0 Å². The minimum atomic E-state index is 0.935. The van der Waals surface area contributed by atoms with E-state index in [0.29, 0.717) is 0 Å². The van der Waals surface area contributed by atoms with E-state index in [-0.39, 0.29) is 0 Å². The van der Waals surface area contributed by atoms with Crippen LogP contribution in [0.1, 0.15) is 11.1 Å². The van der Waals surface area contributed by atoms with Crippen LogP contribution in [0.4, 0.5) is 5.13 Å². The quantitative estimate of drug-likeness (QED) is 0.903. The highest BCUT2D eigenvalue weighted by molar-refractivity contribution is 7.22. The molecular weight excluding hydrogens is 230 g/mol. The van der Waals surface area contributed by atoms with E-state index in [9.17, 15) is 0 Å². The fourth-order valence-corrected chi connectivity index (χ4v) is 2.64. The number of aryl methyl sites for hydroxylation is 2. The zero-order valence-electron chi connectivity index (χ0n) is 10.9. The number of hydrogen-bond acceptors (Lipinski definition) is 4. The topological polar surface area (TPSA) is 28.2 Å². The van der Waals surface area contributed by atoms with E-state index >= 15 is 0 Å². The minimum Gasteiger partial charge on any atom is -0.360 e. The first-order valence-corrected chi connectivity index (χ1v) is 6.65. The van der Waals surface area contributed by atoms with Gasteiger partial charge in [0, 0.05) is 13.1 Å². The van der Waals surface area contributed by atoms with Gasteiger partial charge in [-0.3, -0.25) is 0 Å². The van der Waals surface area contributed by atoms with Crippen molar-refractivity contribution in [3.63, 3.8) is 0 Å². The molecule has 3 nitrogen and oxygen atoms in total. The van der Waals surface area contributed by atoms with E-state index in [1.807, 2.05) is 0 Å². The van der Waals surface area contributed by atoms with Crippen LogP contribution >= 0.6 is 11.3 Å². The first-order chi connectivity index (χ1) is 8.08. The molecule has 0 atom stereocenters. The van der Waals surface area contributed by atoms with Gasteiger partial charge in [0.05, 0.1) is 10.2 Å². The highest BCUT2D eigenvalue weighted by atomic mass is 32.1. The van der Waals surface area contributed by atoms with Gasteiger partial charge >= 0.3 is 0 Å². The second-order valence-corrected chi connectivity index (χ2v) is 5.63. The molecule has 0 saturated heterocycles. The molecule has 4 heteroatoms. The van der Waals surface area contributed by atoms with Gasteiger partial charge < -0.3 is 10.2 Å². The molecule has 1 heterocycles. The van der Waals surface area contributed by atoms with Crippen LogP contribution in [0.25, 0.3) is 10.2 Å². The summed E-state index contributed by atoms with van der Waals surface area (Å²) in [5, 5.41) is 4.40. The normalized spacial score (nSPS) is 11.4. The third-order valence-corrected chi connectivity index (χ3v) is 3.90. The smallest absolute Gasteiger partial charge is 0.183 e. The molecule has 17 heavy (non-hydrogen) atoms. The van der Waals surface area contributed by atoms with Crippen molar-refractivity contribution in [2.75, 3.05) is 32.5 Å². The van der Waals surface area contributed by atoms with Gasteiger partial charge in [-0.15, -0.1) is 0 Å². The van der Waals surface area contributed by atoms with Crippen LogP contribution in [0.5, 0.6) is 0 Å². The van der Waals surface area contributed by atoms with Gasteiger partial charge in [-0.05, 0) is 45.1 Å². The third-order valence-electron chi connectivity index (χ3n) is 2.92. The molecule has 0 spiro atoms.